The Labute approximate surface area is 105 Å². The first kappa shape index (κ1) is 11.1. The molecule has 2 nitrogen and oxygen atoms in total. The minimum absolute atomic E-state index is 0.581. The summed E-state index contributed by atoms with van der Waals surface area (Å²) < 4.78 is 0. The molecule has 0 aliphatic heterocycles. The van der Waals surface area contributed by atoms with Crippen molar-refractivity contribution in [1.29, 1.82) is 0 Å². The van der Waals surface area contributed by atoms with E-state index in [-0.39, 0.29) is 0 Å². The summed E-state index contributed by atoms with van der Waals surface area (Å²) in [6, 6.07) is 8.19. The molecule has 0 bridgehead atoms. The van der Waals surface area contributed by atoms with Gasteiger partial charge in [0.15, 0.2) is 0 Å². The van der Waals surface area contributed by atoms with Gasteiger partial charge in [-0.15, -0.1) is 11.8 Å². The predicted octanol–water partition coefficient (Wildman–Crippen LogP) is 3.45. The van der Waals surface area contributed by atoms with Gasteiger partial charge in [-0.25, -0.2) is 0 Å². The molecule has 3 heteroatoms. The highest BCUT2D eigenvalue weighted by molar-refractivity contribution is 8.00. The molecular formula is C14H16O2S. The third-order valence-electron chi connectivity index (χ3n) is 3.85. The summed E-state index contributed by atoms with van der Waals surface area (Å²) in [5.41, 5.74) is 0.402. The zero-order chi connectivity index (χ0) is 11.9. The van der Waals surface area contributed by atoms with Gasteiger partial charge in [-0.3, -0.25) is 4.79 Å². The van der Waals surface area contributed by atoms with Crippen molar-refractivity contribution >= 4 is 17.7 Å². The van der Waals surface area contributed by atoms with Gasteiger partial charge in [-0.2, -0.15) is 0 Å². The predicted molar refractivity (Wildman–Crippen MR) is 68.5 cm³/mol. The van der Waals surface area contributed by atoms with Crippen LogP contribution >= 0.6 is 11.8 Å². The molecule has 0 heterocycles. The molecule has 1 N–H and O–H groups in total. The Balaban J connectivity index is 1.80. The molecular weight excluding hydrogens is 232 g/mol. The first-order chi connectivity index (χ1) is 8.21. The fourth-order valence-corrected chi connectivity index (χ4v) is 3.44. The average Bonchev–Trinajstić information content (AvgIpc) is 3.02. The van der Waals surface area contributed by atoms with Crippen LogP contribution in [-0.4, -0.2) is 16.3 Å². The van der Waals surface area contributed by atoms with Crippen LogP contribution in [0.3, 0.4) is 0 Å². The lowest BCUT2D eigenvalue weighted by Crippen LogP contribution is -2.42. The third kappa shape index (κ3) is 1.97. The highest BCUT2D eigenvalue weighted by Gasteiger charge is 2.45. The van der Waals surface area contributed by atoms with Gasteiger partial charge in [0.1, 0.15) is 0 Å². The van der Waals surface area contributed by atoms with Crippen molar-refractivity contribution in [2.75, 3.05) is 0 Å². The molecule has 3 rings (SSSR count). The normalized spacial score (nSPS) is 21.9. The number of thioether (sulfide) groups is 1. The Morgan fingerprint density at radius 2 is 1.88 bits per heavy atom. The van der Waals surface area contributed by atoms with Crippen molar-refractivity contribution in [1.82, 2.24) is 0 Å². The van der Waals surface area contributed by atoms with E-state index in [1.54, 1.807) is 0 Å². The van der Waals surface area contributed by atoms with E-state index in [0.29, 0.717) is 0 Å². The van der Waals surface area contributed by atoms with Crippen molar-refractivity contribution in [3.8, 4) is 0 Å². The topological polar surface area (TPSA) is 37.3 Å². The summed E-state index contributed by atoms with van der Waals surface area (Å²) >= 11 is 1.92. The van der Waals surface area contributed by atoms with E-state index in [9.17, 15) is 9.90 Å². The number of carbonyl (C=O) groups is 1. The molecule has 0 radical (unpaired) electrons. The van der Waals surface area contributed by atoms with Gasteiger partial charge in [0.05, 0.1) is 5.41 Å². The molecule has 0 saturated heterocycles. The molecule has 0 aromatic heterocycles. The number of hydrogen-bond acceptors (Lipinski definition) is 2. The van der Waals surface area contributed by atoms with Crippen LogP contribution in [0, 0.1) is 0 Å². The maximum atomic E-state index is 11.4. The molecule has 0 atom stereocenters. The molecule has 90 valence electrons. The van der Waals surface area contributed by atoms with Gasteiger partial charge in [-0.1, -0.05) is 18.6 Å². The van der Waals surface area contributed by atoms with E-state index in [0.717, 1.165) is 30.1 Å². The lowest BCUT2D eigenvalue weighted by molar-refractivity contribution is -0.147. The highest BCUT2D eigenvalue weighted by Crippen LogP contribution is 2.45. The van der Waals surface area contributed by atoms with Crippen LogP contribution in [0.2, 0.25) is 0 Å². The van der Waals surface area contributed by atoms with Crippen LogP contribution in [0.4, 0.5) is 0 Å². The van der Waals surface area contributed by atoms with Gasteiger partial charge >= 0.3 is 5.97 Å². The van der Waals surface area contributed by atoms with Gasteiger partial charge in [-0.05, 0) is 43.4 Å². The Kier molecular flexibility index (Phi) is 2.66. The van der Waals surface area contributed by atoms with Gasteiger partial charge in [0.2, 0.25) is 0 Å². The summed E-state index contributed by atoms with van der Waals surface area (Å²) in [4.78, 5) is 12.6. The molecule has 1 aromatic rings. The molecule has 1 aromatic carbocycles. The molecule has 0 unspecified atom stereocenters. The molecule has 2 aliphatic carbocycles. The SMILES string of the molecule is O=C(O)C1(c2ccc(SC3CC3)cc2)CCC1. The summed E-state index contributed by atoms with van der Waals surface area (Å²) in [6.45, 7) is 0. The highest BCUT2D eigenvalue weighted by atomic mass is 32.2. The number of aliphatic carboxylic acids is 1. The Morgan fingerprint density at radius 1 is 1.24 bits per heavy atom. The van der Waals surface area contributed by atoms with Crippen molar-refractivity contribution in [3.05, 3.63) is 29.8 Å². The van der Waals surface area contributed by atoms with E-state index < -0.39 is 11.4 Å². The second-order valence-corrected chi connectivity index (χ2v) is 6.46. The first-order valence-electron chi connectivity index (χ1n) is 6.21. The van der Waals surface area contributed by atoms with Gasteiger partial charge in [0, 0.05) is 10.1 Å². The molecule has 2 aliphatic rings. The monoisotopic (exact) mass is 248 g/mol. The van der Waals surface area contributed by atoms with Crippen molar-refractivity contribution in [2.45, 2.75) is 47.7 Å². The van der Waals surface area contributed by atoms with Crippen LogP contribution < -0.4 is 0 Å². The van der Waals surface area contributed by atoms with Crippen LogP contribution in [0.5, 0.6) is 0 Å². The smallest absolute Gasteiger partial charge is 0.314 e. The van der Waals surface area contributed by atoms with Gasteiger partial charge < -0.3 is 5.11 Å². The lowest BCUT2D eigenvalue weighted by Gasteiger charge is -2.38. The summed E-state index contributed by atoms with van der Waals surface area (Å²) in [6.07, 6.45) is 5.26. The number of hydrogen-bond donors (Lipinski definition) is 1. The molecule has 2 saturated carbocycles. The lowest BCUT2D eigenvalue weighted by atomic mass is 9.64. The Bertz CT molecular complexity index is 430. The van der Waals surface area contributed by atoms with Crippen LogP contribution in [-0.2, 0) is 10.2 Å². The quantitative estimate of drug-likeness (QED) is 0.886. The zero-order valence-electron chi connectivity index (χ0n) is 9.69. The zero-order valence-corrected chi connectivity index (χ0v) is 10.5. The fourth-order valence-electron chi connectivity index (χ4n) is 2.39. The van der Waals surface area contributed by atoms with Crippen LogP contribution in [0.15, 0.2) is 29.2 Å². The molecule has 0 spiro atoms. The average molecular weight is 248 g/mol. The van der Waals surface area contributed by atoms with E-state index in [4.69, 9.17) is 0 Å². The van der Waals surface area contributed by atoms with Crippen molar-refractivity contribution in [2.24, 2.45) is 0 Å². The maximum absolute atomic E-state index is 11.4. The number of carboxylic acids is 1. The minimum atomic E-state index is -0.661. The van der Waals surface area contributed by atoms with E-state index >= 15 is 0 Å². The largest absolute Gasteiger partial charge is 0.481 e. The maximum Gasteiger partial charge on any atom is 0.314 e. The first-order valence-corrected chi connectivity index (χ1v) is 7.09. The Morgan fingerprint density at radius 3 is 2.29 bits per heavy atom. The van der Waals surface area contributed by atoms with E-state index in [2.05, 4.69) is 12.1 Å². The van der Waals surface area contributed by atoms with Crippen LogP contribution in [0.25, 0.3) is 0 Å². The third-order valence-corrected chi connectivity index (χ3v) is 5.20. The standard InChI is InChI=1S/C14H16O2S/c15-13(16)14(8-1-9-14)10-2-4-11(5-3-10)17-12-6-7-12/h2-5,12H,1,6-9H2,(H,15,16). The van der Waals surface area contributed by atoms with E-state index in [1.165, 1.54) is 17.7 Å². The second kappa shape index (κ2) is 4.05. The summed E-state index contributed by atoms with van der Waals surface area (Å²) in [7, 11) is 0. The minimum Gasteiger partial charge on any atom is -0.481 e. The van der Waals surface area contributed by atoms with Gasteiger partial charge in [0.25, 0.3) is 0 Å². The molecule has 0 amide bonds. The Hall–Kier alpha value is -0.960. The summed E-state index contributed by atoms with van der Waals surface area (Å²) in [5, 5.41) is 10.2. The number of carboxylic acid groups (broad SMARTS) is 1. The second-order valence-electron chi connectivity index (χ2n) is 5.08. The van der Waals surface area contributed by atoms with Crippen molar-refractivity contribution in [3.63, 3.8) is 0 Å². The molecule has 17 heavy (non-hydrogen) atoms. The number of benzene rings is 1. The van der Waals surface area contributed by atoms with Crippen molar-refractivity contribution < 1.29 is 9.90 Å². The fraction of sp³-hybridized carbons (Fsp3) is 0.500. The van der Waals surface area contributed by atoms with E-state index in [1.807, 2.05) is 23.9 Å². The van der Waals surface area contributed by atoms with Crippen LogP contribution in [0.1, 0.15) is 37.7 Å². The number of rotatable bonds is 4. The molecule has 2 fully saturated rings. The summed E-state index contributed by atoms with van der Waals surface area (Å²) in [5.74, 6) is -0.661.